The van der Waals surface area contributed by atoms with Gasteiger partial charge in [-0.25, -0.2) is 4.68 Å². The van der Waals surface area contributed by atoms with Crippen LogP contribution in [-0.4, -0.2) is 34.7 Å². The van der Waals surface area contributed by atoms with Gasteiger partial charge in [-0.05, 0) is 39.0 Å². The lowest BCUT2D eigenvalue weighted by Crippen LogP contribution is -2.37. The summed E-state index contributed by atoms with van der Waals surface area (Å²) in [6.45, 7) is 5.48. The molecular formula is C18H21F3N4O2. The molecule has 0 saturated carbocycles. The summed E-state index contributed by atoms with van der Waals surface area (Å²) in [6, 6.07) is 4.84. The molecule has 2 rings (SSSR count). The maximum absolute atomic E-state index is 12.9. The number of amides is 2. The summed E-state index contributed by atoms with van der Waals surface area (Å²) in [5, 5.41) is 9.35. The third kappa shape index (κ3) is 5.08. The van der Waals surface area contributed by atoms with Crippen molar-refractivity contribution < 1.29 is 22.8 Å². The van der Waals surface area contributed by atoms with Gasteiger partial charge in [0.1, 0.15) is 0 Å². The zero-order chi connectivity index (χ0) is 20.2. The van der Waals surface area contributed by atoms with Crippen LogP contribution in [-0.2, 0) is 22.2 Å². The Hall–Kier alpha value is -2.84. The van der Waals surface area contributed by atoms with E-state index >= 15 is 0 Å². The molecule has 2 N–H and O–H groups in total. The smallest absolute Gasteiger partial charge is 0.355 e. The molecule has 0 unspecified atom stereocenters. The fourth-order valence-electron chi connectivity index (χ4n) is 2.66. The second-order valence-corrected chi connectivity index (χ2v) is 6.02. The molecule has 27 heavy (non-hydrogen) atoms. The van der Waals surface area contributed by atoms with E-state index in [9.17, 15) is 22.8 Å². The molecule has 0 fully saturated rings. The predicted octanol–water partition coefficient (Wildman–Crippen LogP) is 2.30. The van der Waals surface area contributed by atoms with Gasteiger partial charge in [0.25, 0.3) is 0 Å². The summed E-state index contributed by atoms with van der Waals surface area (Å²) in [7, 11) is 0. The van der Waals surface area contributed by atoms with Crippen molar-refractivity contribution in [2.24, 2.45) is 0 Å². The number of alkyl halides is 3. The molecule has 0 saturated heterocycles. The minimum Gasteiger partial charge on any atom is -0.355 e. The van der Waals surface area contributed by atoms with Gasteiger partial charge in [-0.3, -0.25) is 9.59 Å². The Balaban J connectivity index is 2.20. The Kier molecular flexibility index (Phi) is 6.24. The maximum Gasteiger partial charge on any atom is 0.416 e. The van der Waals surface area contributed by atoms with Crippen molar-refractivity contribution in [1.82, 2.24) is 20.4 Å². The Morgan fingerprint density at radius 2 is 1.85 bits per heavy atom. The monoisotopic (exact) mass is 382 g/mol. The number of carbonyl (C=O) groups excluding carboxylic acids is 2. The highest BCUT2D eigenvalue weighted by Crippen LogP contribution is 2.30. The summed E-state index contributed by atoms with van der Waals surface area (Å²) in [4.78, 5) is 23.5. The predicted molar refractivity (Wildman–Crippen MR) is 93.4 cm³/mol. The number of aromatic nitrogens is 2. The molecule has 0 atom stereocenters. The number of carbonyl (C=O) groups is 2. The van der Waals surface area contributed by atoms with Crippen molar-refractivity contribution in [2.75, 3.05) is 13.1 Å². The van der Waals surface area contributed by atoms with Crippen molar-refractivity contribution in [3.8, 4) is 5.69 Å². The van der Waals surface area contributed by atoms with Crippen molar-refractivity contribution in [3.63, 3.8) is 0 Å². The van der Waals surface area contributed by atoms with Gasteiger partial charge in [-0.15, -0.1) is 0 Å². The topological polar surface area (TPSA) is 76.0 Å². The molecule has 1 aromatic heterocycles. The third-order valence-electron chi connectivity index (χ3n) is 4.02. The van der Waals surface area contributed by atoms with Crippen LogP contribution in [0, 0.1) is 13.8 Å². The molecule has 0 bridgehead atoms. The Morgan fingerprint density at radius 1 is 1.15 bits per heavy atom. The number of aryl methyl sites for hydroxylation is 1. The highest BCUT2D eigenvalue weighted by atomic mass is 19.4. The molecule has 9 heteroatoms. The molecule has 146 valence electrons. The highest BCUT2D eigenvalue weighted by molar-refractivity contribution is 5.85. The Morgan fingerprint density at radius 3 is 2.48 bits per heavy atom. The molecule has 2 aromatic rings. The minimum absolute atomic E-state index is 0.0178. The second kappa shape index (κ2) is 8.24. The SMILES string of the molecule is CCNC(=O)CNC(=O)Cc1c(C)nn(-c2cccc(C(F)(F)F)c2)c1C. The van der Waals surface area contributed by atoms with E-state index in [0.29, 0.717) is 23.5 Å². The van der Waals surface area contributed by atoms with Gasteiger partial charge in [0.2, 0.25) is 11.8 Å². The molecular weight excluding hydrogens is 361 g/mol. The van der Waals surface area contributed by atoms with Crippen LogP contribution >= 0.6 is 0 Å². The number of likely N-dealkylation sites (N-methyl/N-ethyl adjacent to an activating group) is 1. The number of hydrogen-bond acceptors (Lipinski definition) is 3. The average Bonchev–Trinajstić information content (AvgIpc) is 2.88. The number of nitrogens with one attached hydrogen (secondary N) is 2. The first-order chi connectivity index (χ1) is 12.6. The van der Waals surface area contributed by atoms with Crippen LogP contribution in [0.3, 0.4) is 0 Å². The van der Waals surface area contributed by atoms with Crippen molar-refractivity contribution in [2.45, 2.75) is 33.4 Å². The fourth-order valence-corrected chi connectivity index (χ4v) is 2.66. The number of nitrogens with zero attached hydrogens (tertiary/aromatic N) is 2. The van der Waals surface area contributed by atoms with E-state index in [-0.39, 0.29) is 30.5 Å². The first kappa shape index (κ1) is 20.5. The van der Waals surface area contributed by atoms with Crippen LogP contribution in [0.5, 0.6) is 0 Å². The van der Waals surface area contributed by atoms with E-state index in [1.54, 1.807) is 20.8 Å². The summed E-state index contributed by atoms with van der Waals surface area (Å²) in [5.41, 5.74) is 1.21. The quantitative estimate of drug-likeness (QED) is 0.805. The molecule has 6 nitrogen and oxygen atoms in total. The fraction of sp³-hybridized carbons (Fsp3) is 0.389. The van der Waals surface area contributed by atoms with Gasteiger partial charge in [0, 0.05) is 17.8 Å². The largest absolute Gasteiger partial charge is 0.416 e. The third-order valence-corrected chi connectivity index (χ3v) is 4.02. The minimum atomic E-state index is -4.45. The van der Waals surface area contributed by atoms with Gasteiger partial charge in [0.05, 0.1) is 29.9 Å². The van der Waals surface area contributed by atoms with E-state index < -0.39 is 11.7 Å². The standard InChI is InChI=1S/C18H21F3N4O2/c1-4-22-17(27)10-23-16(26)9-15-11(2)24-25(12(15)3)14-7-5-6-13(8-14)18(19,20)21/h5-8H,4,9-10H2,1-3H3,(H,22,27)(H,23,26). The normalized spacial score (nSPS) is 11.3. The van der Waals surface area contributed by atoms with Crippen LogP contribution in [0.1, 0.15) is 29.4 Å². The number of halogens is 3. The molecule has 0 aliphatic rings. The van der Waals surface area contributed by atoms with Crippen LogP contribution < -0.4 is 10.6 Å². The van der Waals surface area contributed by atoms with Gasteiger partial charge in [0.15, 0.2) is 0 Å². The lowest BCUT2D eigenvalue weighted by molar-refractivity contribution is -0.137. The van der Waals surface area contributed by atoms with Crippen LogP contribution in [0.25, 0.3) is 5.69 Å². The molecule has 0 aliphatic heterocycles. The number of hydrogen-bond donors (Lipinski definition) is 2. The highest BCUT2D eigenvalue weighted by Gasteiger charge is 2.30. The average molecular weight is 382 g/mol. The molecule has 0 spiro atoms. The molecule has 2 amide bonds. The van der Waals surface area contributed by atoms with Crippen molar-refractivity contribution >= 4 is 11.8 Å². The van der Waals surface area contributed by atoms with Crippen molar-refractivity contribution in [1.29, 1.82) is 0 Å². The lowest BCUT2D eigenvalue weighted by Gasteiger charge is -2.10. The van der Waals surface area contributed by atoms with Crippen LogP contribution in [0.2, 0.25) is 0 Å². The van der Waals surface area contributed by atoms with E-state index in [2.05, 4.69) is 15.7 Å². The molecule has 1 aromatic carbocycles. The summed E-state index contributed by atoms with van der Waals surface area (Å²) >= 11 is 0. The van der Waals surface area contributed by atoms with E-state index in [0.717, 1.165) is 12.1 Å². The lowest BCUT2D eigenvalue weighted by atomic mass is 10.1. The Labute approximate surface area is 154 Å². The van der Waals surface area contributed by atoms with E-state index in [1.807, 2.05) is 0 Å². The summed E-state index contributed by atoms with van der Waals surface area (Å²) < 4.78 is 40.2. The van der Waals surface area contributed by atoms with Crippen molar-refractivity contribution in [3.05, 3.63) is 46.8 Å². The summed E-state index contributed by atoms with van der Waals surface area (Å²) in [5.74, 6) is -0.657. The first-order valence-corrected chi connectivity index (χ1v) is 8.39. The Bertz CT molecular complexity index is 844. The van der Waals surface area contributed by atoms with E-state index in [1.165, 1.54) is 16.8 Å². The molecule has 0 radical (unpaired) electrons. The second-order valence-electron chi connectivity index (χ2n) is 6.02. The van der Waals surface area contributed by atoms with Crippen LogP contribution in [0.15, 0.2) is 24.3 Å². The maximum atomic E-state index is 12.9. The zero-order valence-corrected chi connectivity index (χ0v) is 15.3. The van der Waals surface area contributed by atoms with Crippen LogP contribution in [0.4, 0.5) is 13.2 Å². The molecule has 1 heterocycles. The number of benzene rings is 1. The van der Waals surface area contributed by atoms with Gasteiger partial charge < -0.3 is 10.6 Å². The first-order valence-electron chi connectivity index (χ1n) is 8.39. The number of rotatable bonds is 6. The van der Waals surface area contributed by atoms with E-state index in [4.69, 9.17) is 0 Å². The van der Waals surface area contributed by atoms with Gasteiger partial charge in [-0.1, -0.05) is 6.07 Å². The molecule has 0 aliphatic carbocycles. The van der Waals surface area contributed by atoms with Gasteiger partial charge >= 0.3 is 6.18 Å². The summed E-state index contributed by atoms with van der Waals surface area (Å²) in [6.07, 6.45) is -4.47. The van der Waals surface area contributed by atoms with Gasteiger partial charge in [-0.2, -0.15) is 18.3 Å². The zero-order valence-electron chi connectivity index (χ0n) is 15.3.